The number of ether oxygens (including phenoxy) is 1. The second-order valence-corrected chi connectivity index (χ2v) is 8.02. The third-order valence-corrected chi connectivity index (χ3v) is 5.96. The van der Waals surface area contributed by atoms with Gasteiger partial charge in [0.05, 0.1) is 6.61 Å². The number of nitrogens with one attached hydrogen (secondary N) is 1. The van der Waals surface area contributed by atoms with Gasteiger partial charge in [-0.25, -0.2) is 0 Å². The number of benzene rings is 1. The van der Waals surface area contributed by atoms with Crippen LogP contribution in [0.3, 0.4) is 0 Å². The number of aromatic nitrogens is 3. The first kappa shape index (κ1) is 19.9. The summed E-state index contributed by atoms with van der Waals surface area (Å²) in [5, 5.41) is 12.4. The van der Waals surface area contributed by atoms with Crippen LogP contribution >= 0.6 is 0 Å². The van der Waals surface area contributed by atoms with Crippen LogP contribution in [0.15, 0.2) is 24.3 Å². The van der Waals surface area contributed by atoms with Crippen molar-refractivity contribution in [1.82, 2.24) is 25.0 Å². The smallest absolute Gasteiger partial charge is 0.222 e. The third kappa shape index (κ3) is 4.78. The zero-order valence-electron chi connectivity index (χ0n) is 17.3. The molecule has 0 bridgehead atoms. The second-order valence-electron chi connectivity index (χ2n) is 8.02. The topological polar surface area (TPSA) is 72.3 Å². The maximum atomic E-state index is 12.7. The number of hydrogen-bond donors (Lipinski definition) is 1. The lowest BCUT2D eigenvalue weighted by Crippen LogP contribution is -2.34. The number of piperidine rings is 1. The van der Waals surface area contributed by atoms with Gasteiger partial charge in [0.25, 0.3) is 0 Å². The predicted octanol–water partition coefficient (Wildman–Crippen LogP) is 2.30. The van der Waals surface area contributed by atoms with Gasteiger partial charge in [-0.15, -0.1) is 10.2 Å². The highest BCUT2D eigenvalue weighted by molar-refractivity contribution is 5.76. The number of rotatable bonds is 6. The molecule has 0 radical (unpaired) electrons. The fraction of sp³-hybridized carbons (Fsp3) is 0.591. The molecule has 2 aliphatic heterocycles. The van der Waals surface area contributed by atoms with Gasteiger partial charge < -0.3 is 19.5 Å². The minimum absolute atomic E-state index is 0.206. The fourth-order valence-electron chi connectivity index (χ4n) is 4.25. The Morgan fingerprint density at radius 1 is 1.24 bits per heavy atom. The molecule has 7 heteroatoms. The molecule has 2 aliphatic rings. The van der Waals surface area contributed by atoms with E-state index in [-0.39, 0.29) is 5.91 Å². The van der Waals surface area contributed by atoms with Gasteiger partial charge in [-0.1, -0.05) is 18.2 Å². The van der Waals surface area contributed by atoms with Crippen LogP contribution in [0.5, 0.6) is 5.75 Å². The molecule has 156 valence electrons. The van der Waals surface area contributed by atoms with Crippen molar-refractivity contribution in [3.05, 3.63) is 41.5 Å². The van der Waals surface area contributed by atoms with Gasteiger partial charge >= 0.3 is 0 Å². The molecule has 7 nitrogen and oxygen atoms in total. The molecule has 4 rings (SSSR count). The summed E-state index contributed by atoms with van der Waals surface area (Å²) >= 11 is 0. The highest BCUT2D eigenvalue weighted by atomic mass is 16.5. The van der Waals surface area contributed by atoms with Gasteiger partial charge in [0.2, 0.25) is 5.91 Å². The molecule has 29 heavy (non-hydrogen) atoms. The molecule has 2 aromatic rings. The SMILES string of the molecule is Cc1ccccc1OCCCC(=O)N1CCc2nnc(C3CCCNC3)n2CC1. The average Bonchev–Trinajstić information content (AvgIpc) is 3.04. The largest absolute Gasteiger partial charge is 0.493 e. The van der Waals surface area contributed by atoms with Crippen molar-refractivity contribution < 1.29 is 9.53 Å². The number of fused-ring (bicyclic) bond motifs is 1. The number of para-hydroxylation sites is 1. The minimum atomic E-state index is 0.206. The molecule has 0 saturated carbocycles. The first-order valence-electron chi connectivity index (χ1n) is 10.8. The number of hydrogen-bond acceptors (Lipinski definition) is 5. The van der Waals surface area contributed by atoms with Crippen molar-refractivity contribution in [2.45, 2.75) is 51.5 Å². The Bertz CT molecular complexity index is 828. The Hall–Kier alpha value is -2.41. The van der Waals surface area contributed by atoms with E-state index in [0.29, 0.717) is 18.9 Å². The van der Waals surface area contributed by atoms with Gasteiger partial charge in [0.1, 0.15) is 17.4 Å². The summed E-state index contributed by atoms with van der Waals surface area (Å²) in [5.74, 6) is 3.65. The fourth-order valence-corrected chi connectivity index (χ4v) is 4.25. The van der Waals surface area contributed by atoms with E-state index >= 15 is 0 Å². The van der Waals surface area contributed by atoms with Crippen molar-refractivity contribution in [2.75, 3.05) is 32.8 Å². The zero-order chi connectivity index (χ0) is 20.1. The molecule has 1 atom stereocenters. The van der Waals surface area contributed by atoms with Gasteiger partial charge in [-0.05, 0) is 44.4 Å². The Morgan fingerprint density at radius 3 is 2.97 bits per heavy atom. The maximum absolute atomic E-state index is 12.7. The zero-order valence-corrected chi connectivity index (χ0v) is 17.3. The minimum Gasteiger partial charge on any atom is -0.493 e. The van der Waals surface area contributed by atoms with Gasteiger partial charge in [-0.3, -0.25) is 4.79 Å². The molecule has 1 amide bonds. The molecule has 1 fully saturated rings. The monoisotopic (exact) mass is 397 g/mol. The molecule has 0 spiro atoms. The van der Waals surface area contributed by atoms with Gasteiger partial charge in [0, 0.05) is 44.9 Å². The second kappa shape index (κ2) is 9.39. The Labute approximate surface area is 172 Å². The summed E-state index contributed by atoms with van der Waals surface area (Å²) in [7, 11) is 0. The Balaban J connectivity index is 1.26. The molecular weight excluding hydrogens is 366 g/mol. The first-order chi connectivity index (χ1) is 14.2. The summed E-state index contributed by atoms with van der Waals surface area (Å²) in [5.41, 5.74) is 1.12. The summed E-state index contributed by atoms with van der Waals surface area (Å²) < 4.78 is 8.08. The van der Waals surface area contributed by atoms with E-state index in [4.69, 9.17) is 4.74 Å². The summed E-state index contributed by atoms with van der Waals surface area (Å²) in [6.07, 6.45) is 4.37. The molecule has 1 saturated heterocycles. The third-order valence-electron chi connectivity index (χ3n) is 5.96. The predicted molar refractivity (Wildman–Crippen MR) is 111 cm³/mol. The summed E-state index contributed by atoms with van der Waals surface area (Å²) in [6, 6.07) is 7.98. The van der Waals surface area contributed by atoms with E-state index in [1.165, 1.54) is 6.42 Å². The molecule has 1 unspecified atom stereocenters. The van der Waals surface area contributed by atoms with E-state index < -0.39 is 0 Å². The number of amides is 1. The number of aryl methyl sites for hydroxylation is 1. The summed E-state index contributed by atoms with van der Waals surface area (Å²) in [4.78, 5) is 14.7. The van der Waals surface area contributed by atoms with Crippen LogP contribution in [-0.2, 0) is 17.8 Å². The van der Waals surface area contributed by atoms with Crippen molar-refractivity contribution in [2.24, 2.45) is 0 Å². The maximum Gasteiger partial charge on any atom is 0.222 e. The number of carbonyl (C=O) groups is 1. The van der Waals surface area contributed by atoms with Crippen LogP contribution in [0.1, 0.15) is 48.8 Å². The molecular formula is C22H31N5O2. The van der Waals surface area contributed by atoms with Crippen molar-refractivity contribution in [1.29, 1.82) is 0 Å². The number of nitrogens with zero attached hydrogens (tertiary/aromatic N) is 4. The molecule has 0 aliphatic carbocycles. The molecule has 1 N–H and O–H groups in total. The quantitative estimate of drug-likeness (QED) is 0.758. The van der Waals surface area contributed by atoms with Crippen LogP contribution in [-0.4, -0.2) is 58.4 Å². The van der Waals surface area contributed by atoms with Crippen LogP contribution in [0.2, 0.25) is 0 Å². The lowest BCUT2D eigenvalue weighted by atomic mass is 9.99. The first-order valence-corrected chi connectivity index (χ1v) is 10.8. The molecule has 1 aromatic heterocycles. The van der Waals surface area contributed by atoms with E-state index in [9.17, 15) is 4.79 Å². The standard InChI is InChI=1S/C22H31N5O2/c1-17-6-2-3-8-19(17)29-15-5-9-21(28)26-12-10-20-24-25-22(27(20)14-13-26)18-7-4-11-23-16-18/h2-3,6,8,18,23H,4-5,7,9-16H2,1H3. The van der Waals surface area contributed by atoms with Crippen LogP contribution in [0, 0.1) is 6.92 Å². The van der Waals surface area contributed by atoms with Crippen molar-refractivity contribution in [3.63, 3.8) is 0 Å². The lowest BCUT2D eigenvalue weighted by Gasteiger charge is -2.23. The molecule has 3 heterocycles. The van der Waals surface area contributed by atoms with E-state index in [0.717, 1.165) is 74.9 Å². The normalized spacial score (nSPS) is 19.5. The highest BCUT2D eigenvalue weighted by Crippen LogP contribution is 2.23. The summed E-state index contributed by atoms with van der Waals surface area (Å²) in [6.45, 7) is 6.91. The Morgan fingerprint density at radius 2 is 2.14 bits per heavy atom. The van der Waals surface area contributed by atoms with Crippen LogP contribution in [0.25, 0.3) is 0 Å². The van der Waals surface area contributed by atoms with Gasteiger partial charge in [0.15, 0.2) is 0 Å². The van der Waals surface area contributed by atoms with E-state index in [2.05, 4.69) is 20.1 Å². The Kier molecular flexibility index (Phi) is 6.44. The van der Waals surface area contributed by atoms with Crippen molar-refractivity contribution >= 4 is 5.91 Å². The van der Waals surface area contributed by atoms with E-state index in [1.54, 1.807) is 0 Å². The van der Waals surface area contributed by atoms with Gasteiger partial charge in [-0.2, -0.15) is 0 Å². The van der Waals surface area contributed by atoms with E-state index in [1.807, 2.05) is 36.1 Å². The van der Waals surface area contributed by atoms with Crippen LogP contribution < -0.4 is 10.1 Å². The lowest BCUT2D eigenvalue weighted by molar-refractivity contribution is -0.131. The molecule has 1 aromatic carbocycles. The highest BCUT2D eigenvalue weighted by Gasteiger charge is 2.26. The van der Waals surface area contributed by atoms with Crippen LogP contribution in [0.4, 0.5) is 0 Å². The van der Waals surface area contributed by atoms with Crippen molar-refractivity contribution in [3.8, 4) is 5.75 Å². The number of carbonyl (C=O) groups excluding carboxylic acids is 1. The average molecular weight is 398 g/mol.